The summed E-state index contributed by atoms with van der Waals surface area (Å²) in [5.41, 5.74) is 2.16. The molecule has 1 atom stereocenters. The van der Waals surface area contributed by atoms with Crippen molar-refractivity contribution in [2.75, 3.05) is 25.9 Å². The van der Waals surface area contributed by atoms with E-state index in [4.69, 9.17) is 23.2 Å². The van der Waals surface area contributed by atoms with Gasteiger partial charge in [-0.15, -0.1) is 11.8 Å². The van der Waals surface area contributed by atoms with E-state index >= 15 is 0 Å². The highest BCUT2D eigenvalue weighted by Gasteiger charge is 2.31. The van der Waals surface area contributed by atoms with E-state index in [0.29, 0.717) is 41.5 Å². The lowest BCUT2D eigenvalue weighted by Gasteiger charge is -2.31. The SMILES string of the molecule is CSc1ccc(/C=C/C(=O)N2CCC(C(=O)N[C@@H](CNC(=O)C(c3ccccc3)c3ccccc3)C(=O)O)CC2)c(Cl)c1Cl. The fourth-order valence-electron chi connectivity index (χ4n) is 5.04. The summed E-state index contributed by atoms with van der Waals surface area (Å²) in [5.74, 6) is -3.37. The molecule has 1 heterocycles. The zero-order valence-corrected chi connectivity index (χ0v) is 26.4. The number of carbonyl (C=O) groups is 4. The Morgan fingerprint density at radius 2 is 1.52 bits per heavy atom. The first-order valence-electron chi connectivity index (χ1n) is 14.1. The number of halogens is 2. The molecule has 11 heteroatoms. The predicted molar refractivity (Wildman–Crippen MR) is 174 cm³/mol. The Labute approximate surface area is 270 Å². The van der Waals surface area contributed by atoms with Crippen molar-refractivity contribution in [2.24, 2.45) is 5.92 Å². The molecule has 0 spiro atoms. The molecule has 1 fully saturated rings. The highest BCUT2D eigenvalue weighted by atomic mass is 35.5. The van der Waals surface area contributed by atoms with Crippen LogP contribution in [-0.4, -0.2) is 65.6 Å². The van der Waals surface area contributed by atoms with Crippen molar-refractivity contribution < 1.29 is 24.3 Å². The third kappa shape index (κ3) is 8.43. The minimum absolute atomic E-state index is 0.220. The van der Waals surface area contributed by atoms with Crippen molar-refractivity contribution in [2.45, 2.75) is 29.7 Å². The lowest BCUT2D eigenvalue weighted by atomic mass is 9.90. The van der Waals surface area contributed by atoms with Crippen LogP contribution in [0, 0.1) is 5.92 Å². The van der Waals surface area contributed by atoms with Gasteiger partial charge < -0.3 is 20.6 Å². The molecule has 0 saturated carbocycles. The lowest BCUT2D eigenvalue weighted by molar-refractivity contribution is -0.143. The van der Waals surface area contributed by atoms with Crippen LogP contribution < -0.4 is 10.6 Å². The summed E-state index contributed by atoms with van der Waals surface area (Å²) in [6.07, 6.45) is 5.70. The van der Waals surface area contributed by atoms with Gasteiger partial charge in [0.05, 0.1) is 16.0 Å². The molecule has 3 N–H and O–H groups in total. The van der Waals surface area contributed by atoms with Crippen molar-refractivity contribution in [3.63, 3.8) is 0 Å². The van der Waals surface area contributed by atoms with Gasteiger partial charge in [-0.05, 0) is 47.9 Å². The summed E-state index contributed by atoms with van der Waals surface area (Å²) in [4.78, 5) is 53.6. The number of hydrogen-bond donors (Lipinski definition) is 3. The van der Waals surface area contributed by atoms with E-state index in [1.54, 1.807) is 17.0 Å². The molecule has 1 aliphatic heterocycles. The zero-order chi connectivity index (χ0) is 31.6. The van der Waals surface area contributed by atoms with E-state index in [0.717, 1.165) is 16.0 Å². The molecule has 3 amide bonds. The van der Waals surface area contributed by atoms with Gasteiger partial charge in [-0.2, -0.15) is 0 Å². The fourth-order valence-corrected chi connectivity index (χ4v) is 6.21. The number of nitrogens with one attached hydrogen (secondary N) is 2. The topological polar surface area (TPSA) is 116 Å². The van der Waals surface area contributed by atoms with Gasteiger partial charge in [0.25, 0.3) is 0 Å². The van der Waals surface area contributed by atoms with Crippen LogP contribution >= 0.6 is 35.0 Å². The number of piperidine rings is 1. The number of nitrogens with zero attached hydrogens (tertiary/aromatic N) is 1. The van der Waals surface area contributed by atoms with Gasteiger partial charge in [0.15, 0.2) is 0 Å². The quantitative estimate of drug-likeness (QED) is 0.186. The minimum atomic E-state index is -1.31. The second-order valence-electron chi connectivity index (χ2n) is 10.3. The Morgan fingerprint density at radius 1 is 0.932 bits per heavy atom. The van der Waals surface area contributed by atoms with Crippen LogP contribution in [0.25, 0.3) is 6.08 Å². The highest BCUT2D eigenvalue weighted by molar-refractivity contribution is 7.98. The number of amides is 3. The van der Waals surface area contributed by atoms with Gasteiger partial charge in [-0.25, -0.2) is 4.79 Å². The first kappa shape index (κ1) is 33.1. The van der Waals surface area contributed by atoms with E-state index < -0.39 is 29.8 Å². The molecule has 0 bridgehead atoms. The molecule has 0 aromatic heterocycles. The number of carboxylic acids is 1. The van der Waals surface area contributed by atoms with Crippen LogP contribution in [0.2, 0.25) is 10.0 Å². The fraction of sp³-hybridized carbons (Fsp3) is 0.273. The Bertz CT molecular complexity index is 1470. The monoisotopic (exact) mass is 653 g/mol. The van der Waals surface area contributed by atoms with Crippen molar-refractivity contribution in [1.82, 2.24) is 15.5 Å². The molecule has 4 rings (SSSR count). The van der Waals surface area contributed by atoms with Crippen LogP contribution in [0.1, 0.15) is 35.4 Å². The molecular formula is C33H33Cl2N3O5S. The molecule has 1 saturated heterocycles. The second kappa shape index (κ2) is 15.8. The molecule has 3 aromatic rings. The van der Waals surface area contributed by atoms with Crippen LogP contribution in [0.4, 0.5) is 0 Å². The van der Waals surface area contributed by atoms with E-state index in [-0.39, 0.29) is 18.4 Å². The number of benzene rings is 3. The van der Waals surface area contributed by atoms with Crippen LogP contribution in [0.15, 0.2) is 83.8 Å². The molecule has 8 nitrogen and oxygen atoms in total. The van der Waals surface area contributed by atoms with E-state index in [1.807, 2.05) is 73.0 Å². The second-order valence-corrected chi connectivity index (χ2v) is 11.9. The number of carboxylic acid groups (broad SMARTS) is 1. The van der Waals surface area contributed by atoms with Gasteiger partial charge >= 0.3 is 5.97 Å². The number of rotatable bonds is 11. The number of hydrogen-bond acceptors (Lipinski definition) is 5. The first-order valence-corrected chi connectivity index (χ1v) is 16.1. The molecule has 0 unspecified atom stereocenters. The van der Waals surface area contributed by atoms with Gasteiger partial charge in [0, 0.05) is 36.5 Å². The maximum Gasteiger partial charge on any atom is 0.328 e. The Hall–Kier alpha value is -3.79. The summed E-state index contributed by atoms with van der Waals surface area (Å²) in [6.45, 7) is 0.402. The lowest BCUT2D eigenvalue weighted by Crippen LogP contribution is -2.52. The zero-order valence-electron chi connectivity index (χ0n) is 24.0. The highest BCUT2D eigenvalue weighted by Crippen LogP contribution is 2.35. The van der Waals surface area contributed by atoms with Gasteiger partial charge in [0.2, 0.25) is 17.7 Å². The molecule has 44 heavy (non-hydrogen) atoms. The van der Waals surface area contributed by atoms with E-state index in [1.165, 1.54) is 17.8 Å². The van der Waals surface area contributed by atoms with Crippen molar-refractivity contribution >= 4 is 64.7 Å². The van der Waals surface area contributed by atoms with Gasteiger partial charge in [-0.1, -0.05) is 89.9 Å². The van der Waals surface area contributed by atoms with E-state index in [9.17, 15) is 24.3 Å². The number of carbonyl (C=O) groups excluding carboxylic acids is 3. The predicted octanol–water partition coefficient (Wildman–Crippen LogP) is 5.48. The summed E-state index contributed by atoms with van der Waals surface area (Å²) < 4.78 is 0. The maximum atomic E-state index is 13.3. The normalized spacial score (nSPS) is 14.4. The molecule has 0 radical (unpaired) electrons. The first-order chi connectivity index (χ1) is 21.2. The smallest absolute Gasteiger partial charge is 0.328 e. The Balaban J connectivity index is 1.31. The van der Waals surface area contributed by atoms with Crippen molar-refractivity contribution in [1.29, 1.82) is 0 Å². The van der Waals surface area contributed by atoms with E-state index in [2.05, 4.69) is 10.6 Å². The third-order valence-corrected chi connectivity index (χ3v) is 9.29. The summed E-state index contributed by atoms with van der Waals surface area (Å²) in [7, 11) is 0. The van der Waals surface area contributed by atoms with Crippen LogP contribution in [0.3, 0.4) is 0 Å². The molecule has 3 aromatic carbocycles. The van der Waals surface area contributed by atoms with Crippen molar-refractivity contribution in [3.8, 4) is 0 Å². The Morgan fingerprint density at radius 3 is 2.07 bits per heavy atom. The standard InChI is InChI=1S/C33H33Cl2N3O5S/c1-44-26-14-12-23(29(34)30(26)35)13-15-27(39)38-18-16-24(17-19-38)31(40)37-25(33(42)43)20-36-32(41)28(21-8-4-2-5-9-21)22-10-6-3-7-11-22/h2-15,24-25,28H,16-20H2,1H3,(H,36,41)(H,37,40)(H,42,43)/b15-13+/t25-/m0/s1. The average Bonchev–Trinajstić information content (AvgIpc) is 3.04. The maximum absolute atomic E-state index is 13.3. The number of likely N-dealkylation sites (tertiary alicyclic amines) is 1. The van der Waals surface area contributed by atoms with Gasteiger partial charge in [0.1, 0.15) is 6.04 Å². The molecule has 1 aliphatic rings. The van der Waals surface area contributed by atoms with Gasteiger partial charge in [-0.3, -0.25) is 14.4 Å². The third-order valence-electron chi connectivity index (χ3n) is 7.50. The summed E-state index contributed by atoms with van der Waals surface area (Å²) in [5, 5.41) is 15.9. The summed E-state index contributed by atoms with van der Waals surface area (Å²) in [6, 6.07) is 20.8. The Kier molecular flexibility index (Phi) is 11.9. The van der Waals surface area contributed by atoms with Crippen LogP contribution in [0.5, 0.6) is 0 Å². The minimum Gasteiger partial charge on any atom is -0.480 e. The largest absolute Gasteiger partial charge is 0.480 e. The number of thioether (sulfide) groups is 1. The molecular weight excluding hydrogens is 621 g/mol. The van der Waals surface area contributed by atoms with Crippen molar-refractivity contribution in [3.05, 3.63) is 106 Å². The average molecular weight is 655 g/mol. The van der Waals surface area contributed by atoms with Crippen LogP contribution in [-0.2, 0) is 19.2 Å². The summed E-state index contributed by atoms with van der Waals surface area (Å²) >= 11 is 14.1. The molecule has 230 valence electrons. The number of aliphatic carboxylic acids is 1. The molecule has 0 aliphatic carbocycles.